The Labute approximate surface area is 132 Å². The van der Waals surface area contributed by atoms with Crippen molar-refractivity contribution in [2.45, 2.75) is 59.8 Å². The topological polar surface area (TPSA) is 34.8 Å². The van der Waals surface area contributed by atoms with Gasteiger partial charge in [0.2, 0.25) is 0 Å². The molecule has 5 heteroatoms. The molecule has 0 unspecified atom stereocenters. The molecule has 1 N–H and O–H groups in total. The maximum absolute atomic E-state index is 6.36. The number of aromatic nitrogens is 3. The molecular weight excluding hydrogens is 284 g/mol. The van der Waals surface area contributed by atoms with Gasteiger partial charge < -0.3 is 9.88 Å². The summed E-state index contributed by atoms with van der Waals surface area (Å²) in [7, 11) is 0. The molecule has 4 nitrogen and oxygen atoms in total. The van der Waals surface area contributed by atoms with E-state index in [0.29, 0.717) is 0 Å². The van der Waals surface area contributed by atoms with Crippen molar-refractivity contribution < 1.29 is 0 Å². The number of halogens is 1. The van der Waals surface area contributed by atoms with Gasteiger partial charge in [-0.15, -0.1) is 0 Å². The van der Waals surface area contributed by atoms with Crippen LogP contribution in [0.2, 0.25) is 5.02 Å². The first-order valence-electron chi connectivity index (χ1n) is 7.41. The molecular formula is C16H25ClN4. The summed E-state index contributed by atoms with van der Waals surface area (Å²) in [4.78, 5) is 0. The molecule has 116 valence electrons. The molecule has 0 atom stereocenters. The van der Waals surface area contributed by atoms with E-state index >= 15 is 0 Å². The summed E-state index contributed by atoms with van der Waals surface area (Å²) in [6.45, 7) is 13.0. The zero-order valence-electron chi connectivity index (χ0n) is 13.6. The number of hydrogen-bond acceptors (Lipinski definition) is 2. The summed E-state index contributed by atoms with van der Waals surface area (Å²) in [6.07, 6.45) is 4.26. The van der Waals surface area contributed by atoms with Gasteiger partial charge in [-0.2, -0.15) is 5.10 Å². The van der Waals surface area contributed by atoms with Crippen LogP contribution in [-0.4, -0.2) is 19.9 Å². The van der Waals surface area contributed by atoms with Crippen molar-refractivity contribution >= 4 is 11.6 Å². The monoisotopic (exact) mass is 308 g/mol. The number of hydrogen-bond donors (Lipinski definition) is 1. The molecule has 2 aromatic rings. The van der Waals surface area contributed by atoms with Crippen molar-refractivity contribution in [3.63, 3.8) is 0 Å². The third-order valence-corrected chi connectivity index (χ3v) is 3.91. The minimum atomic E-state index is 0.128. The molecule has 0 amide bonds. The highest BCUT2D eigenvalue weighted by Crippen LogP contribution is 2.21. The van der Waals surface area contributed by atoms with E-state index in [-0.39, 0.29) is 5.54 Å². The first-order chi connectivity index (χ1) is 9.80. The quantitative estimate of drug-likeness (QED) is 0.916. The Kier molecular flexibility index (Phi) is 4.79. The van der Waals surface area contributed by atoms with Crippen LogP contribution in [0, 0.1) is 6.92 Å². The summed E-state index contributed by atoms with van der Waals surface area (Å²) in [5.74, 6) is 0. The molecule has 2 aromatic heterocycles. The van der Waals surface area contributed by atoms with Crippen LogP contribution >= 0.6 is 11.6 Å². The van der Waals surface area contributed by atoms with E-state index in [9.17, 15) is 0 Å². The second-order valence-electron chi connectivity index (χ2n) is 6.46. The summed E-state index contributed by atoms with van der Waals surface area (Å²) >= 11 is 6.36. The van der Waals surface area contributed by atoms with Crippen molar-refractivity contribution in [3.05, 3.63) is 40.4 Å². The third-order valence-electron chi connectivity index (χ3n) is 3.42. The molecule has 2 rings (SSSR count). The zero-order chi connectivity index (χ0) is 15.6. The molecule has 0 bridgehead atoms. The first-order valence-corrected chi connectivity index (χ1v) is 7.79. The van der Waals surface area contributed by atoms with Gasteiger partial charge in [-0.05, 0) is 46.2 Å². The van der Waals surface area contributed by atoms with E-state index in [4.69, 9.17) is 11.6 Å². The Morgan fingerprint density at radius 1 is 1.33 bits per heavy atom. The Morgan fingerprint density at radius 3 is 2.67 bits per heavy atom. The summed E-state index contributed by atoms with van der Waals surface area (Å²) in [5, 5.41) is 8.73. The lowest BCUT2D eigenvalue weighted by Gasteiger charge is -2.19. The molecule has 0 fully saturated rings. The van der Waals surface area contributed by atoms with Crippen LogP contribution in [0.4, 0.5) is 0 Å². The van der Waals surface area contributed by atoms with Crippen LogP contribution in [0.3, 0.4) is 0 Å². The van der Waals surface area contributed by atoms with Crippen LogP contribution in [0.1, 0.15) is 44.6 Å². The van der Waals surface area contributed by atoms with Crippen molar-refractivity contribution in [3.8, 4) is 0 Å². The smallest absolute Gasteiger partial charge is 0.0865 e. The van der Waals surface area contributed by atoms with Crippen LogP contribution in [0.25, 0.3) is 0 Å². The van der Waals surface area contributed by atoms with Gasteiger partial charge in [0.05, 0.1) is 23.0 Å². The number of aryl methyl sites for hydroxylation is 2. The van der Waals surface area contributed by atoms with Crippen molar-refractivity contribution in [2.24, 2.45) is 0 Å². The van der Waals surface area contributed by atoms with E-state index in [1.807, 2.05) is 11.6 Å². The average Bonchev–Trinajstić information content (AvgIpc) is 2.95. The maximum atomic E-state index is 6.36. The standard InChI is InChI=1S/C16H25ClN4/c1-6-21-14(15(17)12(2)19-21)11-20-8-7-13(10-20)9-18-16(3,4)5/h7-8,10,18H,6,9,11H2,1-5H3. The molecule has 2 heterocycles. The lowest BCUT2D eigenvalue weighted by Crippen LogP contribution is -2.34. The highest BCUT2D eigenvalue weighted by atomic mass is 35.5. The molecule has 0 aromatic carbocycles. The summed E-state index contributed by atoms with van der Waals surface area (Å²) in [6, 6.07) is 2.14. The summed E-state index contributed by atoms with van der Waals surface area (Å²) in [5.41, 5.74) is 3.38. The normalized spacial score (nSPS) is 12.1. The van der Waals surface area contributed by atoms with Gasteiger partial charge in [0, 0.05) is 31.0 Å². The SMILES string of the molecule is CCn1nc(C)c(Cl)c1Cn1ccc(CNC(C)(C)C)c1. The van der Waals surface area contributed by atoms with E-state index < -0.39 is 0 Å². The maximum Gasteiger partial charge on any atom is 0.0865 e. The molecule has 0 spiro atoms. The number of nitrogens with one attached hydrogen (secondary N) is 1. The van der Waals surface area contributed by atoms with Gasteiger partial charge in [0.1, 0.15) is 0 Å². The van der Waals surface area contributed by atoms with Crippen molar-refractivity contribution in [2.75, 3.05) is 0 Å². The third kappa shape index (κ3) is 4.11. The molecule has 21 heavy (non-hydrogen) atoms. The van der Waals surface area contributed by atoms with Crippen LogP contribution in [0.15, 0.2) is 18.5 Å². The number of rotatable bonds is 5. The zero-order valence-corrected chi connectivity index (χ0v) is 14.3. The van der Waals surface area contributed by atoms with Crippen molar-refractivity contribution in [1.82, 2.24) is 19.7 Å². The predicted molar refractivity (Wildman–Crippen MR) is 87.8 cm³/mol. The van der Waals surface area contributed by atoms with Gasteiger partial charge in [0.25, 0.3) is 0 Å². The van der Waals surface area contributed by atoms with Crippen LogP contribution in [0.5, 0.6) is 0 Å². The predicted octanol–water partition coefficient (Wildman–Crippen LogP) is 3.60. The molecule has 0 aliphatic carbocycles. The highest BCUT2D eigenvalue weighted by molar-refractivity contribution is 6.31. The Morgan fingerprint density at radius 2 is 2.05 bits per heavy atom. The lowest BCUT2D eigenvalue weighted by molar-refractivity contribution is 0.424. The molecule has 0 radical (unpaired) electrons. The fraction of sp³-hybridized carbons (Fsp3) is 0.562. The number of nitrogens with zero attached hydrogens (tertiary/aromatic N) is 3. The van der Waals surface area contributed by atoms with Gasteiger partial charge in [0.15, 0.2) is 0 Å². The van der Waals surface area contributed by atoms with E-state index in [0.717, 1.165) is 36.0 Å². The van der Waals surface area contributed by atoms with E-state index in [1.54, 1.807) is 0 Å². The van der Waals surface area contributed by atoms with Gasteiger partial charge in [-0.3, -0.25) is 4.68 Å². The molecule has 0 saturated heterocycles. The fourth-order valence-electron chi connectivity index (χ4n) is 2.25. The van der Waals surface area contributed by atoms with Gasteiger partial charge in [-0.1, -0.05) is 11.6 Å². The average molecular weight is 309 g/mol. The lowest BCUT2D eigenvalue weighted by atomic mass is 10.1. The second kappa shape index (κ2) is 6.24. The van der Waals surface area contributed by atoms with Crippen LogP contribution in [-0.2, 0) is 19.6 Å². The molecule has 0 aliphatic rings. The van der Waals surface area contributed by atoms with E-state index in [2.05, 4.69) is 61.1 Å². The fourth-order valence-corrected chi connectivity index (χ4v) is 2.45. The minimum absolute atomic E-state index is 0.128. The largest absolute Gasteiger partial charge is 0.348 e. The Hall–Kier alpha value is -1.26. The van der Waals surface area contributed by atoms with E-state index in [1.165, 1.54) is 5.56 Å². The highest BCUT2D eigenvalue weighted by Gasteiger charge is 2.13. The van der Waals surface area contributed by atoms with Gasteiger partial charge >= 0.3 is 0 Å². The van der Waals surface area contributed by atoms with Crippen molar-refractivity contribution in [1.29, 1.82) is 0 Å². The molecule has 0 saturated carbocycles. The first kappa shape index (κ1) is 16.1. The second-order valence-corrected chi connectivity index (χ2v) is 6.84. The Balaban J connectivity index is 2.09. The molecule has 0 aliphatic heterocycles. The van der Waals surface area contributed by atoms with Crippen LogP contribution < -0.4 is 5.32 Å². The summed E-state index contributed by atoms with van der Waals surface area (Å²) < 4.78 is 4.14. The minimum Gasteiger partial charge on any atom is -0.348 e. The Bertz CT molecular complexity index is 604. The van der Waals surface area contributed by atoms with Gasteiger partial charge in [-0.25, -0.2) is 0 Å².